The molecule has 1 heterocycles. The van der Waals surface area contributed by atoms with Gasteiger partial charge in [-0.1, -0.05) is 17.3 Å². The predicted molar refractivity (Wildman–Crippen MR) is 76.1 cm³/mol. The number of hydrogen-bond acceptors (Lipinski definition) is 4. The summed E-state index contributed by atoms with van der Waals surface area (Å²) >= 11 is 0. The lowest BCUT2D eigenvalue weighted by atomic mass is 10.3. The number of aromatic nitrogens is 3. The lowest BCUT2D eigenvalue weighted by Gasteiger charge is -2.05. The van der Waals surface area contributed by atoms with Gasteiger partial charge in [-0.25, -0.2) is 4.68 Å². The Morgan fingerprint density at radius 3 is 3.00 bits per heavy atom. The van der Waals surface area contributed by atoms with Gasteiger partial charge in [0.05, 0.1) is 12.1 Å². The Morgan fingerprint density at radius 2 is 2.11 bits per heavy atom. The lowest BCUT2D eigenvalue weighted by Crippen LogP contribution is -2.21. The summed E-state index contributed by atoms with van der Waals surface area (Å²) in [4.78, 5) is 0. The molecule has 0 radical (unpaired) electrons. The van der Waals surface area contributed by atoms with Crippen molar-refractivity contribution >= 4 is 11.0 Å². The van der Waals surface area contributed by atoms with Crippen LogP contribution in [0.3, 0.4) is 0 Å². The molecule has 2 aromatic rings. The molecule has 5 heteroatoms. The lowest BCUT2D eigenvalue weighted by molar-refractivity contribution is 0.143. The van der Waals surface area contributed by atoms with E-state index in [0.29, 0.717) is 0 Å². The average molecular weight is 262 g/mol. The molecule has 1 aromatic carbocycles. The van der Waals surface area contributed by atoms with Gasteiger partial charge in [-0.15, -0.1) is 5.10 Å². The van der Waals surface area contributed by atoms with E-state index in [4.69, 9.17) is 4.74 Å². The fourth-order valence-corrected chi connectivity index (χ4v) is 1.99. The highest BCUT2D eigenvalue weighted by Crippen LogP contribution is 2.08. The molecule has 0 aliphatic rings. The zero-order valence-corrected chi connectivity index (χ0v) is 11.5. The molecule has 1 N–H and O–H groups in total. The first kappa shape index (κ1) is 14.0. The van der Waals surface area contributed by atoms with Gasteiger partial charge in [0.1, 0.15) is 5.52 Å². The van der Waals surface area contributed by atoms with Crippen LogP contribution in [0.1, 0.15) is 19.8 Å². The van der Waals surface area contributed by atoms with Crippen LogP contribution in [-0.4, -0.2) is 41.3 Å². The van der Waals surface area contributed by atoms with Crippen molar-refractivity contribution in [2.45, 2.75) is 26.3 Å². The first-order valence-corrected chi connectivity index (χ1v) is 6.98. The number of hydrogen-bond donors (Lipinski definition) is 1. The van der Waals surface area contributed by atoms with Crippen LogP contribution in [0.4, 0.5) is 0 Å². The molecule has 0 bridgehead atoms. The van der Waals surface area contributed by atoms with Gasteiger partial charge >= 0.3 is 0 Å². The largest absolute Gasteiger partial charge is 0.382 e. The van der Waals surface area contributed by atoms with E-state index < -0.39 is 0 Å². The monoisotopic (exact) mass is 262 g/mol. The molecule has 0 fully saturated rings. The van der Waals surface area contributed by atoms with Crippen molar-refractivity contribution in [3.05, 3.63) is 24.3 Å². The van der Waals surface area contributed by atoms with Crippen molar-refractivity contribution in [3.8, 4) is 0 Å². The maximum Gasteiger partial charge on any atom is 0.113 e. The normalized spacial score (nSPS) is 11.2. The third-order valence-corrected chi connectivity index (χ3v) is 3.02. The van der Waals surface area contributed by atoms with Crippen LogP contribution in [0, 0.1) is 0 Å². The van der Waals surface area contributed by atoms with Crippen LogP contribution < -0.4 is 5.32 Å². The van der Waals surface area contributed by atoms with Crippen molar-refractivity contribution in [1.82, 2.24) is 20.3 Å². The molecular formula is C14H22N4O. The van der Waals surface area contributed by atoms with Crippen molar-refractivity contribution in [2.24, 2.45) is 0 Å². The number of rotatable bonds is 9. The summed E-state index contributed by atoms with van der Waals surface area (Å²) in [5.74, 6) is 0. The fourth-order valence-electron chi connectivity index (χ4n) is 1.99. The fraction of sp³-hybridized carbons (Fsp3) is 0.571. The summed E-state index contributed by atoms with van der Waals surface area (Å²) in [5, 5.41) is 11.7. The molecule has 0 amide bonds. The van der Waals surface area contributed by atoms with E-state index in [9.17, 15) is 0 Å². The second-order valence-corrected chi connectivity index (χ2v) is 4.46. The summed E-state index contributed by atoms with van der Waals surface area (Å²) < 4.78 is 7.24. The molecule has 0 unspecified atom stereocenters. The van der Waals surface area contributed by atoms with Crippen LogP contribution in [0.25, 0.3) is 11.0 Å². The van der Waals surface area contributed by atoms with E-state index >= 15 is 0 Å². The maximum absolute atomic E-state index is 5.30. The predicted octanol–water partition coefficient (Wildman–Crippen LogP) is 1.84. The maximum atomic E-state index is 5.30. The van der Waals surface area contributed by atoms with E-state index in [-0.39, 0.29) is 0 Å². The molecule has 0 atom stereocenters. The summed E-state index contributed by atoms with van der Waals surface area (Å²) in [6, 6.07) is 8.04. The SMILES string of the molecule is CCOCCCCNCCn1nnc2ccccc21. The molecule has 0 saturated heterocycles. The number of ether oxygens (including phenoxy) is 1. The first-order valence-electron chi connectivity index (χ1n) is 6.98. The minimum absolute atomic E-state index is 0.812. The van der Waals surface area contributed by atoms with E-state index in [1.807, 2.05) is 29.8 Å². The number of para-hydroxylation sites is 1. The summed E-state index contributed by atoms with van der Waals surface area (Å²) in [6.07, 6.45) is 2.27. The van der Waals surface area contributed by atoms with Gasteiger partial charge in [0.25, 0.3) is 0 Å². The highest BCUT2D eigenvalue weighted by molar-refractivity contribution is 5.73. The average Bonchev–Trinajstić information content (AvgIpc) is 2.85. The van der Waals surface area contributed by atoms with Crippen molar-refractivity contribution < 1.29 is 4.74 Å². The Morgan fingerprint density at radius 1 is 1.21 bits per heavy atom. The summed E-state index contributed by atoms with van der Waals surface area (Å²) in [5.41, 5.74) is 2.06. The van der Waals surface area contributed by atoms with Gasteiger partial charge in [0, 0.05) is 19.8 Å². The molecule has 0 saturated carbocycles. The van der Waals surface area contributed by atoms with Gasteiger partial charge in [-0.05, 0) is 38.4 Å². The molecule has 0 aliphatic heterocycles. The van der Waals surface area contributed by atoms with Crippen molar-refractivity contribution in [1.29, 1.82) is 0 Å². The minimum atomic E-state index is 0.812. The standard InChI is InChI=1S/C14H22N4O/c1-2-19-12-6-5-9-15-10-11-18-14-8-4-3-7-13(14)16-17-18/h3-4,7-8,15H,2,5-6,9-12H2,1H3. The first-order chi connectivity index (χ1) is 9.42. The third-order valence-electron chi connectivity index (χ3n) is 3.02. The van der Waals surface area contributed by atoms with Gasteiger partial charge in [0.15, 0.2) is 0 Å². The quantitative estimate of drug-likeness (QED) is 0.701. The Bertz CT molecular complexity index is 483. The third kappa shape index (κ3) is 4.29. The molecular weight excluding hydrogens is 240 g/mol. The highest BCUT2D eigenvalue weighted by Gasteiger charge is 2.01. The van der Waals surface area contributed by atoms with Crippen LogP contribution in [0.5, 0.6) is 0 Å². The van der Waals surface area contributed by atoms with E-state index in [1.54, 1.807) is 0 Å². The van der Waals surface area contributed by atoms with Gasteiger partial charge < -0.3 is 10.1 Å². The van der Waals surface area contributed by atoms with Crippen molar-refractivity contribution in [3.63, 3.8) is 0 Å². The van der Waals surface area contributed by atoms with Crippen molar-refractivity contribution in [2.75, 3.05) is 26.3 Å². The van der Waals surface area contributed by atoms with Gasteiger partial charge in [0.2, 0.25) is 0 Å². The Hall–Kier alpha value is -1.46. The van der Waals surface area contributed by atoms with Gasteiger partial charge in [-0.2, -0.15) is 0 Å². The zero-order valence-electron chi connectivity index (χ0n) is 11.5. The number of unbranched alkanes of at least 4 members (excludes halogenated alkanes) is 1. The second kappa shape index (κ2) is 7.86. The minimum Gasteiger partial charge on any atom is -0.382 e. The highest BCUT2D eigenvalue weighted by atomic mass is 16.5. The van der Waals surface area contributed by atoms with Gasteiger partial charge in [-0.3, -0.25) is 0 Å². The zero-order chi connectivity index (χ0) is 13.3. The molecule has 5 nitrogen and oxygen atoms in total. The Labute approximate surface area is 113 Å². The number of nitrogens with one attached hydrogen (secondary N) is 1. The van der Waals surface area contributed by atoms with E-state index in [0.717, 1.165) is 56.7 Å². The molecule has 2 rings (SSSR count). The Kier molecular flexibility index (Phi) is 5.78. The second-order valence-electron chi connectivity index (χ2n) is 4.46. The topological polar surface area (TPSA) is 52.0 Å². The summed E-state index contributed by atoms with van der Waals surface area (Å²) in [7, 11) is 0. The van der Waals surface area contributed by atoms with E-state index in [2.05, 4.69) is 21.7 Å². The number of fused-ring (bicyclic) bond motifs is 1. The van der Waals surface area contributed by atoms with Crippen LogP contribution in [-0.2, 0) is 11.3 Å². The molecule has 104 valence electrons. The number of benzene rings is 1. The van der Waals surface area contributed by atoms with Crippen LogP contribution >= 0.6 is 0 Å². The van der Waals surface area contributed by atoms with E-state index in [1.165, 1.54) is 0 Å². The molecule has 0 spiro atoms. The van der Waals surface area contributed by atoms with Crippen LogP contribution in [0.15, 0.2) is 24.3 Å². The van der Waals surface area contributed by atoms with Crippen LogP contribution in [0.2, 0.25) is 0 Å². The molecule has 1 aromatic heterocycles. The molecule has 0 aliphatic carbocycles. The number of nitrogens with zero attached hydrogens (tertiary/aromatic N) is 3. The smallest absolute Gasteiger partial charge is 0.113 e. The molecule has 19 heavy (non-hydrogen) atoms. The summed E-state index contributed by atoms with van der Waals surface area (Å²) in [6.45, 7) is 6.51. The Balaban J connectivity index is 1.63.